The molecular formula is C9H10N2O3. The highest BCUT2D eigenvalue weighted by Gasteiger charge is 2.05. The predicted octanol–water partition coefficient (Wildman–Crippen LogP) is 0.964. The number of primary amides is 1. The molecule has 1 aromatic rings. The highest BCUT2D eigenvalue weighted by Crippen LogP contribution is 2.10. The smallest absolute Gasteiger partial charge is 0.337 e. The van der Waals surface area contributed by atoms with Gasteiger partial charge in [0.15, 0.2) is 0 Å². The van der Waals surface area contributed by atoms with Crippen LogP contribution in [0.5, 0.6) is 0 Å². The average molecular weight is 194 g/mol. The van der Waals surface area contributed by atoms with Gasteiger partial charge >= 0.3 is 12.0 Å². The van der Waals surface area contributed by atoms with E-state index in [2.05, 4.69) is 10.1 Å². The number of hydrogen-bond donors (Lipinski definition) is 2. The summed E-state index contributed by atoms with van der Waals surface area (Å²) in [6.07, 6.45) is 0. The van der Waals surface area contributed by atoms with Crippen LogP contribution in [0.3, 0.4) is 0 Å². The molecule has 0 saturated carbocycles. The van der Waals surface area contributed by atoms with Gasteiger partial charge in [-0.15, -0.1) is 0 Å². The number of ether oxygens (including phenoxy) is 1. The second kappa shape index (κ2) is 4.27. The summed E-state index contributed by atoms with van der Waals surface area (Å²) in [4.78, 5) is 21.6. The van der Waals surface area contributed by atoms with Gasteiger partial charge in [-0.3, -0.25) is 0 Å². The van der Waals surface area contributed by atoms with Crippen LogP contribution in [0.15, 0.2) is 24.3 Å². The summed E-state index contributed by atoms with van der Waals surface area (Å²) >= 11 is 0. The molecule has 0 heterocycles. The zero-order chi connectivity index (χ0) is 10.6. The minimum atomic E-state index is -0.674. The summed E-state index contributed by atoms with van der Waals surface area (Å²) in [6.45, 7) is 0. The van der Waals surface area contributed by atoms with E-state index in [9.17, 15) is 9.59 Å². The van der Waals surface area contributed by atoms with Crippen LogP contribution in [0.2, 0.25) is 0 Å². The second-order valence-corrected chi connectivity index (χ2v) is 2.56. The number of anilines is 1. The number of nitrogens with two attached hydrogens (primary N) is 1. The third kappa shape index (κ3) is 2.48. The van der Waals surface area contributed by atoms with E-state index in [0.29, 0.717) is 11.3 Å². The summed E-state index contributed by atoms with van der Waals surface area (Å²) < 4.78 is 4.51. The molecule has 5 nitrogen and oxygen atoms in total. The lowest BCUT2D eigenvalue weighted by atomic mass is 10.2. The van der Waals surface area contributed by atoms with E-state index in [1.54, 1.807) is 18.2 Å². The van der Waals surface area contributed by atoms with Gasteiger partial charge in [0.1, 0.15) is 0 Å². The molecule has 0 fully saturated rings. The fourth-order valence-corrected chi connectivity index (χ4v) is 0.984. The minimum absolute atomic E-state index is 0.360. The fourth-order valence-electron chi connectivity index (χ4n) is 0.984. The van der Waals surface area contributed by atoms with E-state index in [1.165, 1.54) is 13.2 Å². The summed E-state index contributed by atoms with van der Waals surface area (Å²) in [5, 5.41) is 2.36. The Hall–Kier alpha value is -2.04. The van der Waals surface area contributed by atoms with Crippen LogP contribution < -0.4 is 11.1 Å². The Morgan fingerprint density at radius 3 is 2.71 bits per heavy atom. The molecule has 2 amide bonds. The van der Waals surface area contributed by atoms with Crippen molar-refractivity contribution in [3.8, 4) is 0 Å². The Balaban J connectivity index is 2.89. The molecule has 0 radical (unpaired) electrons. The highest BCUT2D eigenvalue weighted by atomic mass is 16.5. The lowest BCUT2D eigenvalue weighted by Gasteiger charge is -2.03. The number of amides is 2. The number of esters is 1. The summed E-state index contributed by atoms with van der Waals surface area (Å²) in [5.74, 6) is -0.460. The molecule has 3 N–H and O–H groups in total. The number of carbonyl (C=O) groups excluding carboxylic acids is 2. The van der Waals surface area contributed by atoms with Crippen molar-refractivity contribution in [1.82, 2.24) is 0 Å². The van der Waals surface area contributed by atoms with Gasteiger partial charge in [-0.2, -0.15) is 0 Å². The molecule has 0 bridgehead atoms. The molecule has 0 aromatic heterocycles. The second-order valence-electron chi connectivity index (χ2n) is 2.56. The van der Waals surface area contributed by atoms with Crippen molar-refractivity contribution >= 4 is 17.7 Å². The van der Waals surface area contributed by atoms with Crippen LogP contribution in [-0.2, 0) is 4.74 Å². The number of benzene rings is 1. The zero-order valence-corrected chi connectivity index (χ0v) is 7.61. The van der Waals surface area contributed by atoms with Crippen LogP contribution in [0.25, 0.3) is 0 Å². The SMILES string of the molecule is COC(=O)c1cccc(NC(N)=O)c1. The molecule has 0 unspecified atom stereocenters. The van der Waals surface area contributed by atoms with E-state index >= 15 is 0 Å². The fraction of sp³-hybridized carbons (Fsp3) is 0.111. The maximum atomic E-state index is 11.1. The molecule has 0 aliphatic heterocycles. The number of carbonyl (C=O) groups is 2. The molecule has 74 valence electrons. The highest BCUT2D eigenvalue weighted by molar-refractivity contribution is 5.93. The van der Waals surface area contributed by atoms with Crippen molar-refractivity contribution in [2.75, 3.05) is 12.4 Å². The van der Waals surface area contributed by atoms with Crippen molar-refractivity contribution < 1.29 is 14.3 Å². The molecule has 0 aliphatic rings. The molecule has 0 aliphatic carbocycles. The molecular weight excluding hydrogens is 184 g/mol. The molecule has 0 spiro atoms. The van der Waals surface area contributed by atoms with Gasteiger partial charge in [0.05, 0.1) is 12.7 Å². The first-order valence-corrected chi connectivity index (χ1v) is 3.88. The Morgan fingerprint density at radius 1 is 1.43 bits per heavy atom. The van der Waals surface area contributed by atoms with Crippen LogP contribution in [-0.4, -0.2) is 19.1 Å². The Kier molecular flexibility index (Phi) is 3.06. The van der Waals surface area contributed by atoms with E-state index in [0.717, 1.165) is 0 Å². The van der Waals surface area contributed by atoms with Crippen LogP contribution in [0.1, 0.15) is 10.4 Å². The summed E-state index contributed by atoms with van der Waals surface area (Å²) in [5.41, 5.74) is 5.74. The standard InChI is InChI=1S/C9H10N2O3/c1-14-8(12)6-3-2-4-7(5-6)11-9(10)13/h2-5H,1H3,(H3,10,11,13). The first kappa shape index (κ1) is 10.0. The monoisotopic (exact) mass is 194 g/mol. The van der Waals surface area contributed by atoms with Crippen molar-refractivity contribution in [2.45, 2.75) is 0 Å². The molecule has 0 saturated heterocycles. The average Bonchev–Trinajstić information content (AvgIpc) is 2.16. The van der Waals surface area contributed by atoms with Gasteiger partial charge < -0.3 is 15.8 Å². The maximum Gasteiger partial charge on any atom is 0.337 e. The quantitative estimate of drug-likeness (QED) is 0.688. The van der Waals surface area contributed by atoms with E-state index in [4.69, 9.17) is 5.73 Å². The molecule has 14 heavy (non-hydrogen) atoms. The first-order valence-electron chi connectivity index (χ1n) is 3.88. The topological polar surface area (TPSA) is 81.4 Å². The lowest BCUT2D eigenvalue weighted by molar-refractivity contribution is 0.0600. The van der Waals surface area contributed by atoms with Crippen molar-refractivity contribution in [3.63, 3.8) is 0 Å². The number of hydrogen-bond acceptors (Lipinski definition) is 3. The summed E-state index contributed by atoms with van der Waals surface area (Å²) in [7, 11) is 1.29. The van der Waals surface area contributed by atoms with E-state index in [1.807, 2.05) is 0 Å². The van der Waals surface area contributed by atoms with Gasteiger partial charge in [0.2, 0.25) is 0 Å². The molecule has 1 rings (SSSR count). The first-order chi connectivity index (χ1) is 6.63. The molecule has 1 aromatic carbocycles. The summed E-state index contributed by atoms with van der Waals surface area (Å²) in [6, 6.07) is 5.63. The normalized spacial score (nSPS) is 9.21. The third-order valence-electron chi connectivity index (χ3n) is 1.55. The van der Waals surface area contributed by atoms with Gasteiger partial charge in [0.25, 0.3) is 0 Å². The third-order valence-corrected chi connectivity index (χ3v) is 1.55. The van der Waals surface area contributed by atoms with E-state index < -0.39 is 12.0 Å². The maximum absolute atomic E-state index is 11.1. The van der Waals surface area contributed by atoms with Crippen LogP contribution in [0.4, 0.5) is 10.5 Å². The van der Waals surface area contributed by atoms with Gasteiger partial charge in [-0.05, 0) is 18.2 Å². The van der Waals surface area contributed by atoms with Gasteiger partial charge in [0, 0.05) is 5.69 Å². The minimum Gasteiger partial charge on any atom is -0.465 e. The van der Waals surface area contributed by atoms with Crippen LogP contribution >= 0.6 is 0 Å². The Bertz CT molecular complexity index is 363. The predicted molar refractivity (Wildman–Crippen MR) is 51.0 cm³/mol. The van der Waals surface area contributed by atoms with Crippen molar-refractivity contribution in [1.29, 1.82) is 0 Å². The van der Waals surface area contributed by atoms with Gasteiger partial charge in [-0.1, -0.05) is 6.07 Å². The van der Waals surface area contributed by atoms with Crippen LogP contribution in [0, 0.1) is 0 Å². The number of nitrogens with one attached hydrogen (secondary N) is 1. The largest absolute Gasteiger partial charge is 0.465 e. The Morgan fingerprint density at radius 2 is 2.14 bits per heavy atom. The number of rotatable bonds is 2. The number of urea groups is 1. The van der Waals surface area contributed by atoms with E-state index in [-0.39, 0.29) is 0 Å². The molecule has 0 atom stereocenters. The molecule has 5 heteroatoms. The van der Waals surface area contributed by atoms with Gasteiger partial charge in [-0.25, -0.2) is 9.59 Å². The lowest BCUT2D eigenvalue weighted by Crippen LogP contribution is -2.19. The zero-order valence-electron chi connectivity index (χ0n) is 7.61. The Labute approximate surface area is 80.9 Å². The van der Waals surface area contributed by atoms with Crippen molar-refractivity contribution in [3.05, 3.63) is 29.8 Å². The number of methoxy groups -OCH3 is 1. The van der Waals surface area contributed by atoms with Crippen molar-refractivity contribution in [2.24, 2.45) is 5.73 Å².